The van der Waals surface area contributed by atoms with E-state index in [4.69, 9.17) is 4.74 Å². The number of benzene rings is 1. The number of carbonyl (C=O) groups excluding carboxylic acids is 2. The average molecular weight is 260 g/mol. The Labute approximate surface area is 114 Å². The van der Waals surface area contributed by atoms with Crippen molar-refractivity contribution in [3.63, 3.8) is 0 Å². The number of rotatable bonds is 5. The normalized spacial score (nSPS) is 16.7. The molecule has 1 aromatic carbocycles. The van der Waals surface area contributed by atoms with Crippen molar-refractivity contribution >= 4 is 11.6 Å². The summed E-state index contributed by atoms with van der Waals surface area (Å²) < 4.78 is 5.11. The molecular formula is C16H20O3. The summed E-state index contributed by atoms with van der Waals surface area (Å²) in [4.78, 5) is 23.4. The molecule has 3 heteroatoms. The van der Waals surface area contributed by atoms with Crippen molar-refractivity contribution in [2.24, 2.45) is 5.92 Å². The van der Waals surface area contributed by atoms with Crippen LogP contribution in [-0.4, -0.2) is 18.7 Å². The molecule has 1 aliphatic carbocycles. The van der Waals surface area contributed by atoms with Crippen molar-refractivity contribution in [1.29, 1.82) is 0 Å². The molecule has 0 N–H and O–H groups in total. The van der Waals surface area contributed by atoms with E-state index < -0.39 is 0 Å². The van der Waals surface area contributed by atoms with Crippen LogP contribution in [0, 0.1) is 5.92 Å². The zero-order valence-electron chi connectivity index (χ0n) is 11.4. The van der Waals surface area contributed by atoms with Gasteiger partial charge in [-0.05, 0) is 43.4 Å². The molecule has 0 aliphatic heterocycles. The van der Waals surface area contributed by atoms with Crippen LogP contribution in [-0.2, 0) is 16.0 Å². The summed E-state index contributed by atoms with van der Waals surface area (Å²) >= 11 is 0. The molecule has 19 heavy (non-hydrogen) atoms. The SMILES string of the molecule is COc1ccc(CCCC2C(=O)CCCC2=O)cc1. The van der Waals surface area contributed by atoms with Gasteiger partial charge >= 0.3 is 0 Å². The van der Waals surface area contributed by atoms with Gasteiger partial charge < -0.3 is 4.74 Å². The van der Waals surface area contributed by atoms with Crippen molar-refractivity contribution in [3.8, 4) is 5.75 Å². The van der Waals surface area contributed by atoms with Crippen LogP contribution in [0.5, 0.6) is 5.75 Å². The fraction of sp³-hybridized carbons (Fsp3) is 0.500. The quantitative estimate of drug-likeness (QED) is 0.764. The summed E-state index contributed by atoms with van der Waals surface area (Å²) in [5, 5.41) is 0. The van der Waals surface area contributed by atoms with Gasteiger partial charge in [0, 0.05) is 12.8 Å². The number of hydrogen-bond acceptors (Lipinski definition) is 3. The predicted octanol–water partition coefficient (Wildman–Crippen LogP) is 2.96. The molecule has 3 nitrogen and oxygen atoms in total. The van der Waals surface area contributed by atoms with E-state index in [9.17, 15) is 9.59 Å². The third-order valence-electron chi connectivity index (χ3n) is 3.74. The van der Waals surface area contributed by atoms with Gasteiger partial charge in [0.1, 0.15) is 17.3 Å². The Bertz CT molecular complexity index is 432. The number of aryl methyl sites for hydroxylation is 1. The first-order valence-corrected chi connectivity index (χ1v) is 6.89. The zero-order chi connectivity index (χ0) is 13.7. The highest BCUT2D eigenvalue weighted by atomic mass is 16.5. The van der Waals surface area contributed by atoms with Crippen LogP contribution in [0.2, 0.25) is 0 Å². The maximum absolute atomic E-state index is 11.7. The molecule has 1 aromatic rings. The van der Waals surface area contributed by atoms with Crippen molar-refractivity contribution in [3.05, 3.63) is 29.8 Å². The molecule has 2 rings (SSSR count). The van der Waals surface area contributed by atoms with E-state index in [0.29, 0.717) is 19.3 Å². The van der Waals surface area contributed by atoms with Gasteiger partial charge in [-0.25, -0.2) is 0 Å². The first-order chi connectivity index (χ1) is 9.20. The minimum atomic E-state index is -0.327. The number of carbonyl (C=O) groups is 2. The van der Waals surface area contributed by atoms with Crippen molar-refractivity contribution in [2.45, 2.75) is 38.5 Å². The summed E-state index contributed by atoms with van der Waals surface area (Å²) in [6.07, 6.45) is 4.39. The van der Waals surface area contributed by atoms with E-state index in [0.717, 1.165) is 25.0 Å². The van der Waals surface area contributed by atoms with Crippen LogP contribution in [0.3, 0.4) is 0 Å². The van der Waals surface area contributed by atoms with Crippen LogP contribution < -0.4 is 4.74 Å². The molecule has 0 saturated heterocycles. The van der Waals surface area contributed by atoms with Gasteiger partial charge in [-0.2, -0.15) is 0 Å². The predicted molar refractivity (Wildman–Crippen MR) is 73.3 cm³/mol. The van der Waals surface area contributed by atoms with Gasteiger partial charge in [0.15, 0.2) is 0 Å². The van der Waals surface area contributed by atoms with Crippen molar-refractivity contribution in [2.75, 3.05) is 7.11 Å². The Kier molecular flexibility index (Phi) is 4.72. The lowest BCUT2D eigenvalue weighted by molar-refractivity contribution is -0.135. The summed E-state index contributed by atoms with van der Waals surface area (Å²) in [6.45, 7) is 0. The van der Waals surface area contributed by atoms with Gasteiger partial charge in [0.25, 0.3) is 0 Å². The van der Waals surface area contributed by atoms with E-state index in [-0.39, 0.29) is 17.5 Å². The second-order valence-corrected chi connectivity index (χ2v) is 5.08. The fourth-order valence-corrected chi connectivity index (χ4v) is 2.59. The van der Waals surface area contributed by atoms with Crippen LogP contribution >= 0.6 is 0 Å². The molecule has 1 aliphatic rings. The average Bonchev–Trinajstić information content (AvgIpc) is 2.43. The maximum Gasteiger partial charge on any atom is 0.143 e. The molecule has 0 atom stereocenters. The van der Waals surface area contributed by atoms with E-state index in [1.807, 2.05) is 24.3 Å². The zero-order valence-corrected chi connectivity index (χ0v) is 11.4. The Morgan fingerprint density at radius 3 is 2.32 bits per heavy atom. The van der Waals surface area contributed by atoms with Gasteiger partial charge in [0.05, 0.1) is 13.0 Å². The summed E-state index contributed by atoms with van der Waals surface area (Å²) in [7, 11) is 1.65. The minimum Gasteiger partial charge on any atom is -0.497 e. The summed E-state index contributed by atoms with van der Waals surface area (Å²) in [5.41, 5.74) is 1.22. The molecule has 0 bridgehead atoms. The molecule has 1 saturated carbocycles. The molecule has 102 valence electrons. The smallest absolute Gasteiger partial charge is 0.143 e. The molecular weight excluding hydrogens is 240 g/mol. The van der Waals surface area contributed by atoms with E-state index in [1.165, 1.54) is 5.56 Å². The highest BCUT2D eigenvalue weighted by Crippen LogP contribution is 2.22. The summed E-state index contributed by atoms with van der Waals surface area (Å²) in [5.74, 6) is 0.811. The minimum absolute atomic E-state index is 0.144. The number of methoxy groups -OCH3 is 1. The van der Waals surface area contributed by atoms with Crippen LogP contribution in [0.1, 0.15) is 37.7 Å². The third kappa shape index (κ3) is 3.66. The van der Waals surface area contributed by atoms with Crippen LogP contribution in [0.15, 0.2) is 24.3 Å². The molecule has 0 radical (unpaired) electrons. The Hall–Kier alpha value is -1.64. The van der Waals surface area contributed by atoms with Gasteiger partial charge in [-0.3, -0.25) is 9.59 Å². The Morgan fingerprint density at radius 2 is 1.74 bits per heavy atom. The van der Waals surface area contributed by atoms with E-state index in [2.05, 4.69) is 0 Å². The Balaban J connectivity index is 1.82. The molecule has 0 unspecified atom stereocenters. The topological polar surface area (TPSA) is 43.4 Å². The highest BCUT2D eigenvalue weighted by molar-refractivity contribution is 6.04. The van der Waals surface area contributed by atoms with E-state index in [1.54, 1.807) is 7.11 Å². The van der Waals surface area contributed by atoms with Crippen molar-refractivity contribution < 1.29 is 14.3 Å². The monoisotopic (exact) mass is 260 g/mol. The lowest BCUT2D eigenvalue weighted by atomic mass is 9.83. The number of ketones is 2. The van der Waals surface area contributed by atoms with Crippen LogP contribution in [0.25, 0.3) is 0 Å². The standard InChI is InChI=1S/C16H20O3/c1-19-13-10-8-12(9-11-13)4-2-5-14-15(17)6-3-7-16(14)18/h8-11,14H,2-7H2,1H3. The third-order valence-corrected chi connectivity index (χ3v) is 3.74. The van der Waals surface area contributed by atoms with Gasteiger partial charge in [-0.1, -0.05) is 12.1 Å². The molecule has 0 amide bonds. The van der Waals surface area contributed by atoms with Gasteiger partial charge in [-0.15, -0.1) is 0 Å². The maximum atomic E-state index is 11.7. The lowest BCUT2D eigenvalue weighted by Crippen LogP contribution is -2.28. The second kappa shape index (κ2) is 6.50. The number of Topliss-reactive ketones (excluding diaryl/α,β-unsaturated/α-hetero) is 2. The van der Waals surface area contributed by atoms with E-state index >= 15 is 0 Å². The number of hydrogen-bond donors (Lipinski definition) is 0. The van der Waals surface area contributed by atoms with Crippen molar-refractivity contribution in [1.82, 2.24) is 0 Å². The Morgan fingerprint density at radius 1 is 1.11 bits per heavy atom. The first kappa shape index (κ1) is 13.8. The molecule has 1 fully saturated rings. The largest absolute Gasteiger partial charge is 0.497 e. The lowest BCUT2D eigenvalue weighted by Gasteiger charge is -2.19. The second-order valence-electron chi connectivity index (χ2n) is 5.08. The highest BCUT2D eigenvalue weighted by Gasteiger charge is 2.28. The fourth-order valence-electron chi connectivity index (χ4n) is 2.59. The van der Waals surface area contributed by atoms with Crippen LogP contribution in [0.4, 0.5) is 0 Å². The number of ether oxygens (including phenoxy) is 1. The molecule has 0 aromatic heterocycles. The van der Waals surface area contributed by atoms with Gasteiger partial charge in [0.2, 0.25) is 0 Å². The summed E-state index contributed by atoms with van der Waals surface area (Å²) in [6, 6.07) is 7.94. The molecule has 0 spiro atoms. The molecule has 0 heterocycles. The first-order valence-electron chi connectivity index (χ1n) is 6.89.